The summed E-state index contributed by atoms with van der Waals surface area (Å²) >= 11 is 3.38. The van der Waals surface area contributed by atoms with Gasteiger partial charge in [-0.25, -0.2) is 4.79 Å². The van der Waals surface area contributed by atoms with Crippen molar-refractivity contribution in [2.75, 3.05) is 7.11 Å². The van der Waals surface area contributed by atoms with Crippen LogP contribution in [-0.2, 0) is 0 Å². The Balaban J connectivity index is 1.54. The van der Waals surface area contributed by atoms with Crippen LogP contribution in [0.2, 0.25) is 0 Å². The summed E-state index contributed by atoms with van der Waals surface area (Å²) in [6.07, 6.45) is 1.68. The number of esters is 1. The third-order valence-electron chi connectivity index (χ3n) is 4.33. The van der Waals surface area contributed by atoms with Gasteiger partial charge in [-0.3, -0.25) is 4.79 Å². The molecule has 0 radical (unpaired) electrons. The lowest BCUT2D eigenvalue weighted by Gasteiger charge is -2.07. The first-order chi connectivity index (χ1) is 14.0. The normalized spacial score (nSPS) is 13.7. The Morgan fingerprint density at radius 3 is 2.55 bits per heavy atom. The number of hydrogen-bond donors (Lipinski definition) is 0. The zero-order chi connectivity index (χ0) is 20.4. The molecule has 0 aromatic heterocycles. The number of methoxy groups -OCH3 is 1. The van der Waals surface area contributed by atoms with Crippen molar-refractivity contribution in [3.05, 3.63) is 93.7 Å². The van der Waals surface area contributed by atoms with E-state index in [1.165, 1.54) is 13.2 Å². The lowest BCUT2D eigenvalue weighted by atomic mass is 10.1. The first-order valence-corrected chi connectivity index (χ1v) is 9.53. The van der Waals surface area contributed by atoms with E-state index < -0.39 is 5.97 Å². The minimum absolute atomic E-state index is 0.214. The van der Waals surface area contributed by atoms with Crippen molar-refractivity contribution in [1.82, 2.24) is 0 Å². The highest BCUT2D eigenvalue weighted by molar-refractivity contribution is 9.10. The smallest absolute Gasteiger partial charge is 0.343 e. The fourth-order valence-corrected chi connectivity index (χ4v) is 3.12. The van der Waals surface area contributed by atoms with Crippen LogP contribution in [0.3, 0.4) is 0 Å². The molecule has 0 saturated carbocycles. The van der Waals surface area contributed by atoms with E-state index in [0.717, 1.165) is 10.0 Å². The molecular formula is C23H15BrO5. The highest BCUT2D eigenvalue weighted by Crippen LogP contribution is 2.35. The first-order valence-electron chi connectivity index (χ1n) is 8.73. The zero-order valence-electron chi connectivity index (χ0n) is 15.3. The van der Waals surface area contributed by atoms with Crippen LogP contribution in [0, 0.1) is 0 Å². The van der Waals surface area contributed by atoms with Crippen LogP contribution in [0.15, 0.2) is 77.0 Å². The van der Waals surface area contributed by atoms with E-state index in [9.17, 15) is 9.59 Å². The summed E-state index contributed by atoms with van der Waals surface area (Å²) in [5.74, 6) is 0.680. The predicted molar refractivity (Wildman–Crippen MR) is 111 cm³/mol. The van der Waals surface area contributed by atoms with Gasteiger partial charge >= 0.3 is 5.97 Å². The minimum Gasteiger partial charge on any atom is -0.497 e. The van der Waals surface area contributed by atoms with Crippen molar-refractivity contribution in [3.63, 3.8) is 0 Å². The summed E-state index contributed by atoms with van der Waals surface area (Å²) in [6.45, 7) is 0. The summed E-state index contributed by atoms with van der Waals surface area (Å²) < 4.78 is 17.2. The van der Waals surface area contributed by atoms with Gasteiger partial charge in [0.15, 0.2) is 5.76 Å². The molecule has 1 heterocycles. The first kappa shape index (κ1) is 19.0. The van der Waals surface area contributed by atoms with Crippen molar-refractivity contribution in [2.45, 2.75) is 0 Å². The summed E-state index contributed by atoms with van der Waals surface area (Å²) in [5.41, 5.74) is 1.63. The number of Topliss-reactive ketones (excluding diaryl/α,β-unsaturated/α-hetero) is 1. The Bertz CT molecular complexity index is 1130. The van der Waals surface area contributed by atoms with Gasteiger partial charge < -0.3 is 14.2 Å². The molecule has 3 aromatic rings. The van der Waals surface area contributed by atoms with Gasteiger partial charge in [-0.15, -0.1) is 0 Å². The largest absolute Gasteiger partial charge is 0.497 e. The van der Waals surface area contributed by atoms with E-state index in [2.05, 4.69) is 15.9 Å². The Labute approximate surface area is 175 Å². The van der Waals surface area contributed by atoms with Gasteiger partial charge in [-0.05, 0) is 54.1 Å². The Hall–Kier alpha value is -3.38. The topological polar surface area (TPSA) is 61.8 Å². The highest BCUT2D eigenvalue weighted by atomic mass is 79.9. The monoisotopic (exact) mass is 450 g/mol. The summed E-state index contributed by atoms with van der Waals surface area (Å²) in [4.78, 5) is 24.9. The van der Waals surface area contributed by atoms with E-state index >= 15 is 0 Å². The second kappa shape index (κ2) is 7.93. The maximum Gasteiger partial charge on any atom is 0.343 e. The van der Waals surface area contributed by atoms with E-state index in [4.69, 9.17) is 14.2 Å². The van der Waals surface area contributed by atoms with Crippen LogP contribution in [0.4, 0.5) is 0 Å². The van der Waals surface area contributed by atoms with Crippen LogP contribution in [0.25, 0.3) is 6.08 Å². The molecule has 29 heavy (non-hydrogen) atoms. The number of allylic oxidation sites excluding steroid dienone is 1. The Morgan fingerprint density at radius 1 is 1.00 bits per heavy atom. The number of benzene rings is 3. The number of ketones is 1. The van der Waals surface area contributed by atoms with Gasteiger partial charge in [0.2, 0.25) is 5.78 Å². The second-order valence-corrected chi connectivity index (χ2v) is 7.19. The quantitative estimate of drug-likeness (QED) is 0.306. The Morgan fingerprint density at radius 2 is 1.79 bits per heavy atom. The number of ether oxygens (including phenoxy) is 3. The Kier molecular flexibility index (Phi) is 5.18. The summed E-state index contributed by atoms with van der Waals surface area (Å²) in [6, 6.07) is 18.9. The number of fused-ring (bicyclic) bond motifs is 1. The molecule has 4 rings (SSSR count). The van der Waals surface area contributed by atoms with E-state index in [0.29, 0.717) is 22.6 Å². The molecule has 1 aliphatic heterocycles. The van der Waals surface area contributed by atoms with Gasteiger partial charge in [0.05, 0.1) is 18.2 Å². The molecule has 0 unspecified atom stereocenters. The zero-order valence-corrected chi connectivity index (χ0v) is 16.9. The number of halogens is 1. The standard InChI is InChI=1S/C23H15BrO5/c1-27-17-4-2-3-15(12-17)23(26)28-18-9-10-19-20(13-18)29-21(22(19)25)11-14-5-7-16(24)8-6-14/h2-13H,1H3. The predicted octanol–water partition coefficient (Wildman–Crippen LogP) is 5.29. The van der Waals surface area contributed by atoms with E-state index in [1.807, 2.05) is 24.3 Å². The van der Waals surface area contributed by atoms with Gasteiger partial charge in [-0.2, -0.15) is 0 Å². The maximum atomic E-state index is 12.6. The van der Waals surface area contributed by atoms with Crippen molar-refractivity contribution < 1.29 is 23.8 Å². The number of carbonyl (C=O) groups excluding carboxylic acids is 2. The van der Waals surface area contributed by atoms with E-state index in [1.54, 1.807) is 42.5 Å². The van der Waals surface area contributed by atoms with Crippen molar-refractivity contribution in [1.29, 1.82) is 0 Å². The molecule has 0 aliphatic carbocycles. The number of carbonyl (C=O) groups is 2. The fourth-order valence-electron chi connectivity index (χ4n) is 2.86. The average Bonchev–Trinajstić information content (AvgIpc) is 3.04. The second-order valence-electron chi connectivity index (χ2n) is 6.27. The molecule has 144 valence electrons. The van der Waals surface area contributed by atoms with Crippen molar-refractivity contribution in [3.8, 4) is 17.2 Å². The van der Waals surface area contributed by atoms with Crippen LogP contribution in [0.1, 0.15) is 26.3 Å². The molecule has 1 aliphatic rings. The third kappa shape index (κ3) is 4.07. The van der Waals surface area contributed by atoms with Gasteiger partial charge in [0.1, 0.15) is 17.2 Å². The average molecular weight is 451 g/mol. The van der Waals surface area contributed by atoms with Crippen LogP contribution in [-0.4, -0.2) is 18.9 Å². The maximum absolute atomic E-state index is 12.6. The van der Waals surface area contributed by atoms with Gasteiger partial charge in [0.25, 0.3) is 0 Å². The molecular weight excluding hydrogens is 436 g/mol. The molecule has 6 heteroatoms. The molecule has 0 N–H and O–H groups in total. The van der Waals surface area contributed by atoms with E-state index in [-0.39, 0.29) is 17.3 Å². The van der Waals surface area contributed by atoms with Gasteiger partial charge in [0, 0.05) is 10.5 Å². The molecule has 5 nitrogen and oxygen atoms in total. The molecule has 0 saturated heterocycles. The molecule has 0 spiro atoms. The molecule has 0 atom stereocenters. The van der Waals surface area contributed by atoms with Crippen molar-refractivity contribution in [2.24, 2.45) is 0 Å². The fraction of sp³-hybridized carbons (Fsp3) is 0.0435. The van der Waals surface area contributed by atoms with Gasteiger partial charge in [-0.1, -0.05) is 34.1 Å². The molecule has 3 aromatic carbocycles. The van der Waals surface area contributed by atoms with Crippen molar-refractivity contribution >= 4 is 33.8 Å². The highest BCUT2D eigenvalue weighted by Gasteiger charge is 2.28. The van der Waals surface area contributed by atoms with Crippen LogP contribution < -0.4 is 14.2 Å². The SMILES string of the molecule is COc1cccc(C(=O)Oc2ccc3c(c2)OC(=Cc2ccc(Br)cc2)C3=O)c1. The number of rotatable bonds is 4. The number of hydrogen-bond acceptors (Lipinski definition) is 5. The summed E-state index contributed by atoms with van der Waals surface area (Å²) in [7, 11) is 1.53. The lowest BCUT2D eigenvalue weighted by molar-refractivity contribution is 0.0734. The molecule has 0 amide bonds. The lowest BCUT2D eigenvalue weighted by Crippen LogP contribution is -2.08. The molecule has 0 bridgehead atoms. The van der Waals surface area contributed by atoms with Crippen LogP contribution in [0.5, 0.6) is 17.2 Å². The summed E-state index contributed by atoms with van der Waals surface area (Å²) in [5, 5.41) is 0. The third-order valence-corrected chi connectivity index (χ3v) is 4.85. The molecule has 0 fully saturated rings. The van der Waals surface area contributed by atoms with Crippen LogP contribution >= 0.6 is 15.9 Å². The minimum atomic E-state index is -0.529.